The third kappa shape index (κ3) is 6.03. The van der Waals surface area contributed by atoms with Crippen LogP contribution in [0.1, 0.15) is 18.4 Å². The molecule has 0 aromatic heterocycles. The van der Waals surface area contributed by atoms with Crippen molar-refractivity contribution in [3.8, 4) is 0 Å². The lowest BCUT2D eigenvalue weighted by Gasteiger charge is -2.13. The summed E-state index contributed by atoms with van der Waals surface area (Å²) in [7, 11) is -0.218. The van der Waals surface area contributed by atoms with Gasteiger partial charge in [0.2, 0.25) is 15.9 Å². The maximum atomic E-state index is 11.5. The van der Waals surface area contributed by atoms with Gasteiger partial charge in [0.25, 0.3) is 0 Å². The molecular formula is C13H20N2O4S. The number of hydrogen-bond acceptors (Lipinski definition) is 4. The fourth-order valence-corrected chi connectivity index (χ4v) is 2.22. The topological polar surface area (TPSA) is 75.7 Å². The number of sulfonamides is 1. The number of hydroxylamine groups is 2. The van der Waals surface area contributed by atoms with Crippen LogP contribution in [0.25, 0.3) is 0 Å². The third-order valence-corrected chi connectivity index (χ3v) is 3.34. The molecule has 1 N–H and O–H groups in total. The molecule has 0 aliphatic heterocycles. The Bertz CT molecular complexity index is 540. The van der Waals surface area contributed by atoms with Crippen molar-refractivity contribution in [2.75, 3.05) is 25.1 Å². The van der Waals surface area contributed by atoms with Crippen LogP contribution >= 0.6 is 0 Å². The van der Waals surface area contributed by atoms with Crippen LogP contribution in [0, 0.1) is 0 Å². The Balaban J connectivity index is 2.44. The Morgan fingerprint density at radius 3 is 2.40 bits per heavy atom. The minimum absolute atomic E-state index is 0.0668. The fourth-order valence-electron chi connectivity index (χ4n) is 1.66. The Hall–Kier alpha value is -1.60. The van der Waals surface area contributed by atoms with E-state index in [2.05, 4.69) is 4.72 Å². The molecule has 0 atom stereocenters. The van der Waals surface area contributed by atoms with E-state index in [1.165, 1.54) is 12.2 Å². The van der Waals surface area contributed by atoms with Gasteiger partial charge in [-0.15, -0.1) is 0 Å². The average Bonchev–Trinajstić information content (AvgIpc) is 2.38. The molecule has 0 bridgehead atoms. The van der Waals surface area contributed by atoms with Crippen molar-refractivity contribution in [2.45, 2.75) is 19.3 Å². The summed E-state index contributed by atoms with van der Waals surface area (Å²) in [5.41, 5.74) is 1.59. The van der Waals surface area contributed by atoms with Crippen LogP contribution in [-0.2, 0) is 26.1 Å². The molecule has 0 fully saturated rings. The van der Waals surface area contributed by atoms with E-state index in [4.69, 9.17) is 4.84 Å². The number of rotatable bonds is 7. The first-order chi connectivity index (χ1) is 9.31. The van der Waals surface area contributed by atoms with Crippen LogP contribution in [0.3, 0.4) is 0 Å². The molecule has 0 unspecified atom stereocenters. The smallest absolute Gasteiger partial charge is 0.245 e. The number of nitrogens with zero attached hydrogens (tertiary/aromatic N) is 1. The maximum Gasteiger partial charge on any atom is 0.245 e. The van der Waals surface area contributed by atoms with E-state index >= 15 is 0 Å². The van der Waals surface area contributed by atoms with E-state index < -0.39 is 10.0 Å². The van der Waals surface area contributed by atoms with E-state index in [0.29, 0.717) is 18.5 Å². The van der Waals surface area contributed by atoms with Gasteiger partial charge < -0.3 is 0 Å². The summed E-state index contributed by atoms with van der Waals surface area (Å²) in [6.45, 7) is 0. The Kier molecular flexibility index (Phi) is 5.97. The first kappa shape index (κ1) is 16.5. The molecule has 0 radical (unpaired) electrons. The van der Waals surface area contributed by atoms with Gasteiger partial charge in [0.1, 0.15) is 0 Å². The molecular weight excluding hydrogens is 280 g/mol. The van der Waals surface area contributed by atoms with Crippen LogP contribution in [0.2, 0.25) is 0 Å². The lowest BCUT2D eigenvalue weighted by molar-refractivity contribution is -0.168. The van der Waals surface area contributed by atoms with Crippen molar-refractivity contribution < 1.29 is 18.0 Å². The van der Waals surface area contributed by atoms with Crippen molar-refractivity contribution in [1.82, 2.24) is 5.06 Å². The van der Waals surface area contributed by atoms with Crippen LogP contribution < -0.4 is 4.72 Å². The number of aryl methyl sites for hydroxylation is 1. The van der Waals surface area contributed by atoms with E-state index in [1.807, 2.05) is 12.1 Å². The minimum atomic E-state index is -3.24. The first-order valence-electron chi connectivity index (χ1n) is 6.19. The van der Waals surface area contributed by atoms with Crippen molar-refractivity contribution >= 4 is 21.6 Å². The predicted octanol–water partition coefficient (Wildman–Crippen LogP) is 1.40. The molecule has 1 rings (SSSR count). The zero-order valence-electron chi connectivity index (χ0n) is 11.9. The first-order valence-corrected chi connectivity index (χ1v) is 8.08. The van der Waals surface area contributed by atoms with Gasteiger partial charge in [0.15, 0.2) is 0 Å². The number of benzene rings is 1. The minimum Gasteiger partial charge on any atom is -0.284 e. The molecule has 0 aliphatic rings. The highest BCUT2D eigenvalue weighted by Crippen LogP contribution is 2.13. The normalized spacial score (nSPS) is 11.2. The summed E-state index contributed by atoms with van der Waals surface area (Å²) >= 11 is 0. The molecule has 0 heterocycles. The van der Waals surface area contributed by atoms with Gasteiger partial charge in [-0.1, -0.05) is 12.1 Å². The standard InChI is InChI=1S/C13H20N2O4S/c1-15(19-2)13(16)6-4-5-11-7-9-12(10-8-11)14-20(3,17)18/h7-10,14H,4-6H2,1-3H3. The van der Waals surface area contributed by atoms with Gasteiger partial charge in [-0.3, -0.25) is 14.4 Å². The van der Waals surface area contributed by atoms with Crippen LogP contribution in [0.4, 0.5) is 5.69 Å². The number of hydrogen-bond donors (Lipinski definition) is 1. The Morgan fingerprint density at radius 1 is 1.30 bits per heavy atom. The lowest BCUT2D eigenvalue weighted by Crippen LogP contribution is -2.25. The Labute approximate surface area is 119 Å². The zero-order valence-corrected chi connectivity index (χ0v) is 12.7. The predicted molar refractivity (Wildman–Crippen MR) is 77.6 cm³/mol. The largest absolute Gasteiger partial charge is 0.284 e. The average molecular weight is 300 g/mol. The van der Waals surface area contributed by atoms with Gasteiger partial charge in [-0.05, 0) is 30.5 Å². The van der Waals surface area contributed by atoms with E-state index in [-0.39, 0.29) is 5.91 Å². The number of nitrogens with one attached hydrogen (secondary N) is 1. The summed E-state index contributed by atoms with van der Waals surface area (Å²) in [6, 6.07) is 7.11. The number of carbonyl (C=O) groups is 1. The molecule has 112 valence electrons. The second-order valence-corrected chi connectivity index (χ2v) is 6.25. The molecule has 1 amide bonds. The zero-order chi connectivity index (χ0) is 15.2. The number of amides is 1. The molecule has 20 heavy (non-hydrogen) atoms. The van der Waals surface area contributed by atoms with Crippen molar-refractivity contribution in [3.63, 3.8) is 0 Å². The second-order valence-electron chi connectivity index (χ2n) is 4.50. The summed E-state index contributed by atoms with van der Waals surface area (Å²) in [4.78, 5) is 16.3. The second kappa shape index (κ2) is 7.25. The quantitative estimate of drug-likeness (QED) is 0.772. The summed E-state index contributed by atoms with van der Waals surface area (Å²) in [5.74, 6) is -0.0668. The van der Waals surface area contributed by atoms with Crippen molar-refractivity contribution in [1.29, 1.82) is 0 Å². The van der Waals surface area contributed by atoms with Crippen LogP contribution in [0.5, 0.6) is 0 Å². The highest BCUT2D eigenvalue weighted by molar-refractivity contribution is 7.92. The molecule has 7 heteroatoms. The SMILES string of the molecule is CON(C)C(=O)CCCc1ccc(NS(C)(=O)=O)cc1. The summed E-state index contributed by atoms with van der Waals surface area (Å²) < 4.78 is 24.5. The summed E-state index contributed by atoms with van der Waals surface area (Å²) in [5, 5.41) is 1.21. The molecule has 1 aromatic rings. The fraction of sp³-hybridized carbons (Fsp3) is 0.462. The molecule has 0 saturated heterocycles. The van der Waals surface area contributed by atoms with Gasteiger partial charge in [0.05, 0.1) is 13.4 Å². The van der Waals surface area contributed by atoms with Gasteiger partial charge in [-0.2, -0.15) is 0 Å². The highest BCUT2D eigenvalue weighted by atomic mass is 32.2. The third-order valence-electron chi connectivity index (χ3n) is 2.74. The molecule has 1 aromatic carbocycles. The Morgan fingerprint density at radius 2 is 1.90 bits per heavy atom. The summed E-state index contributed by atoms with van der Waals surface area (Å²) in [6.07, 6.45) is 2.99. The molecule has 0 saturated carbocycles. The van der Waals surface area contributed by atoms with Crippen molar-refractivity contribution in [3.05, 3.63) is 29.8 Å². The monoisotopic (exact) mass is 300 g/mol. The van der Waals surface area contributed by atoms with Crippen LogP contribution in [0.15, 0.2) is 24.3 Å². The highest BCUT2D eigenvalue weighted by Gasteiger charge is 2.07. The number of carbonyl (C=O) groups excluding carboxylic acids is 1. The lowest BCUT2D eigenvalue weighted by atomic mass is 10.1. The van der Waals surface area contributed by atoms with E-state index in [9.17, 15) is 13.2 Å². The molecule has 6 nitrogen and oxygen atoms in total. The van der Waals surface area contributed by atoms with E-state index in [1.54, 1.807) is 19.2 Å². The maximum absolute atomic E-state index is 11.5. The van der Waals surface area contributed by atoms with Crippen molar-refractivity contribution in [2.24, 2.45) is 0 Å². The van der Waals surface area contributed by atoms with Gasteiger partial charge >= 0.3 is 0 Å². The van der Waals surface area contributed by atoms with Gasteiger partial charge in [-0.25, -0.2) is 13.5 Å². The molecule has 0 spiro atoms. The number of anilines is 1. The molecule has 0 aliphatic carbocycles. The van der Waals surface area contributed by atoms with E-state index in [0.717, 1.165) is 18.2 Å². The van der Waals surface area contributed by atoms with Crippen LogP contribution in [-0.4, -0.2) is 39.8 Å². The van der Waals surface area contributed by atoms with Gasteiger partial charge in [0, 0.05) is 19.2 Å².